The highest BCUT2D eigenvalue weighted by Gasteiger charge is 2.22. The van der Waals surface area contributed by atoms with Crippen LogP contribution in [0.5, 0.6) is 0 Å². The summed E-state index contributed by atoms with van der Waals surface area (Å²) in [6.45, 7) is 5.57. The molecule has 0 unspecified atom stereocenters. The molecule has 7 nitrogen and oxygen atoms in total. The van der Waals surface area contributed by atoms with E-state index in [-0.39, 0.29) is 5.91 Å². The number of rotatable bonds is 9. The molecule has 1 amide bonds. The van der Waals surface area contributed by atoms with Gasteiger partial charge in [-0.1, -0.05) is 6.07 Å². The van der Waals surface area contributed by atoms with Crippen molar-refractivity contribution in [2.24, 2.45) is 5.92 Å². The zero-order valence-corrected chi connectivity index (χ0v) is 17.5. The zero-order chi connectivity index (χ0) is 20.5. The monoisotopic (exact) mass is 396 g/mol. The largest absolute Gasteiger partial charge is 0.370 e. The maximum Gasteiger partial charge on any atom is 0.222 e. The predicted molar refractivity (Wildman–Crippen MR) is 116 cm³/mol. The Morgan fingerprint density at radius 1 is 1.31 bits per heavy atom. The molecular weight excluding hydrogens is 364 g/mol. The summed E-state index contributed by atoms with van der Waals surface area (Å²) in [7, 11) is 1.89. The summed E-state index contributed by atoms with van der Waals surface area (Å²) < 4.78 is 0. The molecule has 29 heavy (non-hydrogen) atoms. The van der Waals surface area contributed by atoms with Crippen molar-refractivity contribution >= 4 is 17.5 Å². The fourth-order valence-corrected chi connectivity index (χ4v) is 3.78. The third kappa shape index (κ3) is 6.41. The number of pyridine rings is 1. The third-order valence-electron chi connectivity index (χ3n) is 5.48. The van der Waals surface area contributed by atoms with Crippen molar-refractivity contribution in [2.75, 3.05) is 43.4 Å². The van der Waals surface area contributed by atoms with E-state index >= 15 is 0 Å². The van der Waals surface area contributed by atoms with E-state index in [0.29, 0.717) is 18.9 Å². The number of nitrogens with zero attached hydrogens (tertiary/aromatic N) is 5. The fourth-order valence-electron chi connectivity index (χ4n) is 3.78. The van der Waals surface area contributed by atoms with Crippen LogP contribution in [0, 0.1) is 5.92 Å². The molecule has 2 aromatic rings. The normalized spacial score (nSPS) is 16.5. The average Bonchev–Trinajstić information content (AvgIpc) is 2.77. The molecule has 2 aromatic heterocycles. The van der Waals surface area contributed by atoms with Crippen LogP contribution in [0.1, 0.15) is 38.3 Å². The molecule has 0 aromatic carbocycles. The smallest absolute Gasteiger partial charge is 0.222 e. The van der Waals surface area contributed by atoms with Crippen LogP contribution in [0.2, 0.25) is 0 Å². The summed E-state index contributed by atoms with van der Waals surface area (Å²) in [4.78, 5) is 29.7. The molecule has 1 N–H and O–H groups in total. The van der Waals surface area contributed by atoms with E-state index in [1.807, 2.05) is 36.2 Å². The van der Waals surface area contributed by atoms with Crippen molar-refractivity contribution in [3.8, 4) is 0 Å². The number of aromatic nitrogens is 3. The van der Waals surface area contributed by atoms with E-state index in [1.165, 1.54) is 6.42 Å². The van der Waals surface area contributed by atoms with Crippen molar-refractivity contribution in [1.29, 1.82) is 0 Å². The molecular formula is C22H32N6O. The Morgan fingerprint density at radius 2 is 2.21 bits per heavy atom. The number of carbonyl (C=O) groups is 1. The minimum Gasteiger partial charge on any atom is -0.370 e. The Balaban J connectivity index is 1.45. The highest BCUT2D eigenvalue weighted by Crippen LogP contribution is 2.25. The molecule has 1 aliphatic heterocycles. The standard InChI is InChI=1S/C22H32N6O/c1-3-23-20-15-21(26-17-25-20)28-13-6-7-18(16-28)9-10-22(29)27(2)14-11-19-8-4-5-12-24-19/h4-5,8,12,15,17-18H,3,6-7,9-11,13-14,16H2,1-2H3,(H,23,25,26)/t18-/m0/s1. The minimum atomic E-state index is 0.217. The van der Waals surface area contributed by atoms with E-state index in [2.05, 4.69) is 32.1 Å². The summed E-state index contributed by atoms with van der Waals surface area (Å²) in [6, 6.07) is 7.91. The molecule has 0 radical (unpaired) electrons. The summed E-state index contributed by atoms with van der Waals surface area (Å²) in [6.07, 6.45) is 8.05. The highest BCUT2D eigenvalue weighted by atomic mass is 16.2. The molecule has 1 aliphatic rings. The Kier molecular flexibility index (Phi) is 7.78. The Bertz CT molecular complexity index is 769. The van der Waals surface area contributed by atoms with Crippen molar-refractivity contribution in [2.45, 2.75) is 39.0 Å². The maximum atomic E-state index is 12.5. The number of amides is 1. The maximum absolute atomic E-state index is 12.5. The van der Waals surface area contributed by atoms with Gasteiger partial charge in [0.15, 0.2) is 0 Å². The molecule has 1 saturated heterocycles. The Morgan fingerprint density at radius 3 is 3.00 bits per heavy atom. The predicted octanol–water partition coefficient (Wildman–Crippen LogP) is 3.00. The van der Waals surface area contributed by atoms with Crippen LogP contribution in [0.3, 0.4) is 0 Å². The molecule has 0 aliphatic carbocycles. The second kappa shape index (κ2) is 10.7. The third-order valence-corrected chi connectivity index (χ3v) is 5.48. The topological polar surface area (TPSA) is 74.2 Å². The average molecular weight is 397 g/mol. The molecule has 0 saturated carbocycles. The first-order chi connectivity index (χ1) is 14.2. The van der Waals surface area contributed by atoms with Gasteiger partial charge >= 0.3 is 0 Å². The lowest BCUT2D eigenvalue weighted by atomic mass is 9.93. The Labute approximate surface area is 173 Å². The Hall–Kier alpha value is -2.70. The van der Waals surface area contributed by atoms with Crippen molar-refractivity contribution < 1.29 is 4.79 Å². The number of carbonyl (C=O) groups excluding carboxylic acids is 1. The second-order valence-corrected chi connectivity index (χ2v) is 7.67. The van der Waals surface area contributed by atoms with Crippen LogP contribution < -0.4 is 10.2 Å². The van der Waals surface area contributed by atoms with E-state index in [4.69, 9.17) is 0 Å². The van der Waals surface area contributed by atoms with E-state index in [1.54, 1.807) is 12.5 Å². The fraction of sp³-hybridized carbons (Fsp3) is 0.545. The molecule has 0 bridgehead atoms. The number of hydrogen-bond donors (Lipinski definition) is 1. The van der Waals surface area contributed by atoms with Crippen molar-refractivity contribution in [1.82, 2.24) is 19.9 Å². The highest BCUT2D eigenvalue weighted by molar-refractivity contribution is 5.75. The van der Waals surface area contributed by atoms with Gasteiger partial charge in [-0.05, 0) is 44.2 Å². The van der Waals surface area contributed by atoms with E-state index in [0.717, 1.165) is 56.2 Å². The van der Waals surface area contributed by atoms with Crippen LogP contribution in [0.25, 0.3) is 0 Å². The zero-order valence-electron chi connectivity index (χ0n) is 17.5. The van der Waals surface area contributed by atoms with Gasteiger partial charge in [0.25, 0.3) is 0 Å². The summed E-state index contributed by atoms with van der Waals surface area (Å²) in [5, 5.41) is 3.24. The minimum absolute atomic E-state index is 0.217. The van der Waals surface area contributed by atoms with Gasteiger partial charge in [-0.15, -0.1) is 0 Å². The first-order valence-corrected chi connectivity index (χ1v) is 10.6. The lowest BCUT2D eigenvalue weighted by Gasteiger charge is -2.33. The van der Waals surface area contributed by atoms with E-state index in [9.17, 15) is 4.79 Å². The van der Waals surface area contributed by atoms with E-state index < -0.39 is 0 Å². The van der Waals surface area contributed by atoms with Gasteiger partial charge in [0.2, 0.25) is 5.91 Å². The van der Waals surface area contributed by atoms with Crippen LogP contribution in [0.15, 0.2) is 36.8 Å². The van der Waals surface area contributed by atoms with Crippen LogP contribution in [-0.4, -0.2) is 59.0 Å². The van der Waals surface area contributed by atoms with Crippen molar-refractivity contribution in [3.05, 3.63) is 42.5 Å². The number of likely N-dealkylation sites (N-methyl/N-ethyl adjacent to an activating group) is 1. The van der Waals surface area contributed by atoms with Gasteiger partial charge in [0.1, 0.15) is 18.0 Å². The summed E-state index contributed by atoms with van der Waals surface area (Å²) >= 11 is 0. The van der Waals surface area contributed by atoms with Gasteiger partial charge in [-0.25, -0.2) is 9.97 Å². The quantitative estimate of drug-likeness (QED) is 0.702. The van der Waals surface area contributed by atoms with Gasteiger partial charge < -0.3 is 15.1 Å². The summed E-state index contributed by atoms with van der Waals surface area (Å²) in [5.41, 5.74) is 1.02. The summed E-state index contributed by atoms with van der Waals surface area (Å²) in [5.74, 6) is 2.58. The molecule has 0 spiro atoms. The van der Waals surface area contributed by atoms with Crippen LogP contribution >= 0.6 is 0 Å². The number of hydrogen-bond acceptors (Lipinski definition) is 6. The van der Waals surface area contributed by atoms with Crippen molar-refractivity contribution in [3.63, 3.8) is 0 Å². The lowest BCUT2D eigenvalue weighted by Crippen LogP contribution is -2.37. The van der Waals surface area contributed by atoms with Crippen LogP contribution in [0.4, 0.5) is 11.6 Å². The van der Waals surface area contributed by atoms with Gasteiger partial charge in [-0.2, -0.15) is 0 Å². The number of piperidine rings is 1. The molecule has 7 heteroatoms. The molecule has 3 heterocycles. The number of anilines is 2. The molecule has 3 rings (SSSR count). The molecule has 1 atom stereocenters. The van der Waals surface area contributed by atoms with Crippen LogP contribution in [-0.2, 0) is 11.2 Å². The molecule has 156 valence electrons. The number of nitrogens with one attached hydrogen (secondary N) is 1. The first-order valence-electron chi connectivity index (χ1n) is 10.6. The molecule has 1 fully saturated rings. The van der Waals surface area contributed by atoms with Gasteiger partial charge in [-0.3, -0.25) is 9.78 Å². The first kappa shape index (κ1) is 21.0. The van der Waals surface area contributed by atoms with Gasteiger partial charge in [0, 0.05) is 64.0 Å². The second-order valence-electron chi connectivity index (χ2n) is 7.67. The SMILES string of the molecule is CCNc1cc(N2CCC[C@@H](CCC(=O)N(C)CCc3ccccn3)C2)ncn1. The lowest BCUT2D eigenvalue weighted by molar-refractivity contribution is -0.130. The van der Waals surface area contributed by atoms with Gasteiger partial charge in [0.05, 0.1) is 0 Å².